The van der Waals surface area contributed by atoms with Crippen molar-refractivity contribution in [3.63, 3.8) is 0 Å². The van der Waals surface area contributed by atoms with Gasteiger partial charge in [-0.3, -0.25) is 9.59 Å². The Morgan fingerprint density at radius 1 is 1.20 bits per heavy atom. The zero-order valence-corrected chi connectivity index (χ0v) is 22.5. The summed E-state index contributed by atoms with van der Waals surface area (Å²) in [4.78, 5) is 35.3. The maximum atomic E-state index is 13.7. The van der Waals surface area contributed by atoms with Crippen molar-refractivity contribution in [2.45, 2.75) is 103 Å². The van der Waals surface area contributed by atoms with Gasteiger partial charge in [-0.05, 0) is 67.6 Å². The molecule has 192 valence electrons. The summed E-state index contributed by atoms with van der Waals surface area (Å²) in [6, 6.07) is 4.50. The number of aryl methyl sites for hydroxylation is 1. The second kappa shape index (κ2) is 9.57. The van der Waals surface area contributed by atoms with E-state index in [1.165, 1.54) is 5.56 Å². The Labute approximate surface area is 209 Å². The minimum Gasteiger partial charge on any atom is -0.393 e. The lowest BCUT2D eigenvalue weighted by Crippen LogP contribution is -2.60. The summed E-state index contributed by atoms with van der Waals surface area (Å²) in [5, 5.41) is 9.84. The molecule has 2 unspecified atom stereocenters. The first kappa shape index (κ1) is 25.7. The Kier molecular flexibility index (Phi) is 7.02. The fraction of sp³-hybridized carbons (Fsp3) is 0.679. The molecule has 35 heavy (non-hydrogen) atoms. The van der Waals surface area contributed by atoms with E-state index in [4.69, 9.17) is 4.98 Å². The monoisotopic (exact) mass is 482 g/mol. The van der Waals surface area contributed by atoms with Crippen molar-refractivity contribution < 1.29 is 14.7 Å². The molecule has 0 bridgehead atoms. The molecular weight excluding hydrogens is 440 g/mol. The molecule has 2 atom stereocenters. The average molecular weight is 483 g/mol. The van der Waals surface area contributed by atoms with Crippen LogP contribution in [0.25, 0.3) is 11.0 Å². The van der Waals surface area contributed by atoms with Gasteiger partial charge in [0.2, 0.25) is 5.91 Å². The molecule has 7 heteroatoms. The fourth-order valence-corrected chi connectivity index (χ4v) is 5.59. The number of aliphatic hydroxyl groups excluding tert-OH is 1. The molecule has 2 heterocycles. The van der Waals surface area contributed by atoms with E-state index in [1.807, 2.05) is 23.4 Å². The van der Waals surface area contributed by atoms with Crippen LogP contribution in [0.4, 0.5) is 0 Å². The van der Waals surface area contributed by atoms with Crippen LogP contribution in [0.1, 0.15) is 101 Å². The average Bonchev–Trinajstić information content (AvgIpc) is 3.15. The first-order valence-corrected chi connectivity index (χ1v) is 13.2. The van der Waals surface area contributed by atoms with E-state index in [0.29, 0.717) is 18.3 Å². The molecule has 2 aliphatic rings. The Balaban J connectivity index is 1.65. The molecule has 1 aromatic carbocycles. The number of hydrogen-bond acceptors (Lipinski definition) is 4. The largest absolute Gasteiger partial charge is 0.393 e. The number of carbonyl (C=O) groups excluding carboxylic acids is 2. The van der Waals surface area contributed by atoms with Gasteiger partial charge in [0.25, 0.3) is 5.91 Å². The van der Waals surface area contributed by atoms with Gasteiger partial charge in [-0.15, -0.1) is 0 Å². The van der Waals surface area contributed by atoms with E-state index < -0.39 is 0 Å². The van der Waals surface area contributed by atoms with Gasteiger partial charge < -0.3 is 19.5 Å². The molecule has 1 aliphatic carbocycles. The van der Waals surface area contributed by atoms with E-state index in [9.17, 15) is 14.7 Å². The van der Waals surface area contributed by atoms with Gasteiger partial charge >= 0.3 is 0 Å². The van der Waals surface area contributed by atoms with Gasteiger partial charge in [0.1, 0.15) is 6.54 Å². The number of carbonyl (C=O) groups is 2. The second-order valence-corrected chi connectivity index (χ2v) is 11.8. The summed E-state index contributed by atoms with van der Waals surface area (Å²) in [6.45, 7) is 13.6. The Morgan fingerprint density at radius 2 is 1.86 bits per heavy atom. The predicted octanol–water partition coefficient (Wildman–Crippen LogP) is 4.36. The number of rotatable bonds is 4. The van der Waals surface area contributed by atoms with Crippen LogP contribution in [0.15, 0.2) is 12.1 Å². The highest BCUT2D eigenvalue weighted by Gasteiger charge is 2.38. The van der Waals surface area contributed by atoms with E-state index >= 15 is 0 Å². The SMILES string of the molecule is CCC(C)c1cc(C(C)(C)C)c2nc(C(=O)N3CC(=O)N(C4CCC(O)CC4)CC3C)n(C)c2c1. The Bertz CT molecular complexity index is 1110. The molecule has 0 radical (unpaired) electrons. The number of piperazine rings is 1. The van der Waals surface area contributed by atoms with Gasteiger partial charge in [-0.2, -0.15) is 0 Å². The van der Waals surface area contributed by atoms with Crippen molar-refractivity contribution in [3.8, 4) is 0 Å². The quantitative estimate of drug-likeness (QED) is 0.702. The van der Waals surface area contributed by atoms with Crippen molar-refractivity contribution in [2.24, 2.45) is 7.05 Å². The van der Waals surface area contributed by atoms with Crippen molar-refractivity contribution >= 4 is 22.8 Å². The summed E-state index contributed by atoms with van der Waals surface area (Å²) < 4.78 is 1.91. The number of fused-ring (bicyclic) bond motifs is 1. The van der Waals surface area contributed by atoms with Crippen molar-refractivity contribution in [2.75, 3.05) is 13.1 Å². The molecule has 0 spiro atoms. The van der Waals surface area contributed by atoms with Crippen LogP contribution >= 0.6 is 0 Å². The lowest BCUT2D eigenvalue weighted by atomic mass is 9.83. The molecule has 2 amide bonds. The molecular formula is C28H42N4O3. The van der Waals surface area contributed by atoms with Crippen LogP contribution in [0.5, 0.6) is 0 Å². The Morgan fingerprint density at radius 3 is 2.46 bits per heavy atom. The van der Waals surface area contributed by atoms with Gasteiger partial charge in [0.15, 0.2) is 5.82 Å². The van der Waals surface area contributed by atoms with Gasteiger partial charge in [-0.1, -0.05) is 40.7 Å². The topological polar surface area (TPSA) is 78.7 Å². The van der Waals surface area contributed by atoms with E-state index in [1.54, 1.807) is 4.90 Å². The van der Waals surface area contributed by atoms with Crippen LogP contribution in [0.2, 0.25) is 0 Å². The number of aromatic nitrogens is 2. The third kappa shape index (κ3) is 4.84. The van der Waals surface area contributed by atoms with Gasteiger partial charge in [0, 0.05) is 25.7 Å². The molecule has 1 aliphatic heterocycles. The smallest absolute Gasteiger partial charge is 0.290 e. The highest BCUT2D eigenvalue weighted by atomic mass is 16.3. The summed E-state index contributed by atoms with van der Waals surface area (Å²) in [6.07, 6.45) is 3.92. The standard InChI is InChI=1S/C28H42N4O3/c1-8-17(2)19-13-22(28(4,5)6)25-23(14-19)30(7)26(29-25)27(35)31-16-24(34)32(15-18(31)3)20-9-11-21(33)12-10-20/h13-14,17-18,20-21,33H,8-12,15-16H2,1-7H3. The zero-order valence-electron chi connectivity index (χ0n) is 22.5. The minimum absolute atomic E-state index is 0.00830. The van der Waals surface area contributed by atoms with Crippen LogP contribution in [0.3, 0.4) is 0 Å². The lowest BCUT2D eigenvalue weighted by Gasteiger charge is -2.44. The number of benzene rings is 1. The molecule has 1 N–H and O–H groups in total. The molecule has 2 aromatic rings. The Hall–Kier alpha value is -2.41. The van der Waals surface area contributed by atoms with E-state index in [0.717, 1.165) is 48.7 Å². The van der Waals surface area contributed by atoms with Crippen LogP contribution < -0.4 is 0 Å². The first-order chi connectivity index (χ1) is 16.4. The molecule has 1 saturated heterocycles. The number of nitrogens with zero attached hydrogens (tertiary/aromatic N) is 4. The minimum atomic E-state index is -0.252. The van der Waals surface area contributed by atoms with Gasteiger partial charge in [-0.25, -0.2) is 4.98 Å². The fourth-order valence-electron chi connectivity index (χ4n) is 5.59. The number of hydrogen-bond donors (Lipinski definition) is 1. The van der Waals surface area contributed by atoms with E-state index in [-0.39, 0.29) is 42.0 Å². The summed E-state index contributed by atoms with van der Waals surface area (Å²) >= 11 is 0. The molecule has 1 saturated carbocycles. The van der Waals surface area contributed by atoms with Crippen molar-refractivity contribution in [3.05, 3.63) is 29.1 Å². The van der Waals surface area contributed by atoms with Gasteiger partial charge in [0.05, 0.1) is 17.1 Å². The normalized spacial score (nSPS) is 24.8. The third-order valence-electron chi connectivity index (χ3n) is 8.18. The molecule has 4 rings (SSSR count). The molecule has 1 aromatic heterocycles. The number of aliphatic hydroxyl groups is 1. The van der Waals surface area contributed by atoms with Crippen molar-refractivity contribution in [1.29, 1.82) is 0 Å². The first-order valence-electron chi connectivity index (χ1n) is 13.2. The summed E-state index contributed by atoms with van der Waals surface area (Å²) in [5.74, 6) is 0.612. The number of amides is 2. The van der Waals surface area contributed by atoms with E-state index in [2.05, 4.69) is 46.8 Å². The number of imidazole rings is 1. The summed E-state index contributed by atoms with van der Waals surface area (Å²) in [7, 11) is 1.91. The summed E-state index contributed by atoms with van der Waals surface area (Å²) in [5.41, 5.74) is 4.14. The van der Waals surface area contributed by atoms with Crippen LogP contribution in [0, 0.1) is 0 Å². The lowest BCUT2D eigenvalue weighted by molar-refractivity contribution is -0.141. The third-order valence-corrected chi connectivity index (χ3v) is 8.18. The van der Waals surface area contributed by atoms with Crippen LogP contribution in [-0.4, -0.2) is 67.5 Å². The molecule has 7 nitrogen and oxygen atoms in total. The zero-order chi connectivity index (χ0) is 25.7. The maximum Gasteiger partial charge on any atom is 0.290 e. The van der Waals surface area contributed by atoms with Crippen LogP contribution in [-0.2, 0) is 17.3 Å². The highest BCUT2D eigenvalue weighted by molar-refractivity contribution is 5.98. The van der Waals surface area contributed by atoms with Crippen molar-refractivity contribution in [1.82, 2.24) is 19.4 Å². The maximum absolute atomic E-state index is 13.7. The second-order valence-electron chi connectivity index (χ2n) is 11.8. The highest BCUT2D eigenvalue weighted by Crippen LogP contribution is 2.35. The molecule has 2 fully saturated rings. The predicted molar refractivity (Wildman–Crippen MR) is 139 cm³/mol.